The molecule has 1 N–H and O–H groups in total. The molecular weight excluding hydrogens is 326 g/mol. The molecule has 1 unspecified atom stereocenters. The highest BCUT2D eigenvalue weighted by Crippen LogP contribution is 2.14. The van der Waals surface area contributed by atoms with Crippen molar-refractivity contribution >= 4 is 15.9 Å². The third-order valence-electron chi connectivity index (χ3n) is 3.56. The van der Waals surface area contributed by atoms with Crippen molar-refractivity contribution in [1.82, 2.24) is 14.9 Å². The third-order valence-corrected chi connectivity index (χ3v) is 4.05. The van der Waals surface area contributed by atoms with Gasteiger partial charge in [0.2, 0.25) is 0 Å². The van der Waals surface area contributed by atoms with Crippen molar-refractivity contribution in [1.29, 1.82) is 0 Å². The molecule has 0 saturated carbocycles. The van der Waals surface area contributed by atoms with E-state index in [-0.39, 0.29) is 0 Å². The molecule has 4 heteroatoms. The molecule has 1 atom stereocenters. The summed E-state index contributed by atoms with van der Waals surface area (Å²) in [5, 5.41) is 3.59. The number of nitrogens with one attached hydrogen (secondary N) is 1. The van der Waals surface area contributed by atoms with Gasteiger partial charge in [0.1, 0.15) is 5.82 Å². The van der Waals surface area contributed by atoms with Crippen LogP contribution in [-0.2, 0) is 19.4 Å². The Morgan fingerprint density at radius 3 is 2.86 bits per heavy atom. The highest BCUT2D eigenvalue weighted by molar-refractivity contribution is 9.10. The summed E-state index contributed by atoms with van der Waals surface area (Å²) in [7, 11) is 0. The number of aromatic nitrogens is 2. The minimum absolute atomic E-state index is 0.419. The number of nitrogens with zero attached hydrogens (tertiary/aromatic N) is 2. The fourth-order valence-corrected chi connectivity index (χ4v) is 3.10. The van der Waals surface area contributed by atoms with Gasteiger partial charge in [-0.05, 0) is 37.1 Å². The summed E-state index contributed by atoms with van der Waals surface area (Å²) in [5.41, 5.74) is 1.35. The van der Waals surface area contributed by atoms with Crippen molar-refractivity contribution in [2.24, 2.45) is 0 Å². The first kappa shape index (κ1) is 16.2. The van der Waals surface area contributed by atoms with Crippen molar-refractivity contribution in [3.05, 3.63) is 52.5 Å². The molecule has 0 aliphatic heterocycles. The molecule has 0 bridgehead atoms. The number of rotatable bonds is 8. The second-order valence-corrected chi connectivity index (χ2v) is 6.25. The maximum Gasteiger partial charge on any atom is 0.110 e. The summed E-state index contributed by atoms with van der Waals surface area (Å²) in [6, 6.07) is 8.97. The van der Waals surface area contributed by atoms with E-state index in [4.69, 9.17) is 0 Å². The maximum atomic E-state index is 4.53. The Hall–Kier alpha value is -1.13. The summed E-state index contributed by atoms with van der Waals surface area (Å²) in [5.74, 6) is 1.18. The van der Waals surface area contributed by atoms with E-state index in [0.29, 0.717) is 6.04 Å². The standard InChI is InChI=1S/C17H24BrN3/c1-3-9-21-10-8-20-17(21)13-16(19-4-2)12-14-6-5-7-15(18)11-14/h5-8,10-11,16,19H,3-4,9,12-13H2,1-2H3. The molecule has 0 aliphatic rings. The highest BCUT2D eigenvalue weighted by Gasteiger charge is 2.13. The highest BCUT2D eigenvalue weighted by atomic mass is 79.9. The molecule has 1 heterocycles. The normalized spacial score (nSPS) is 12.5. The molecule has 0 spiro atoms. The lowest BCUT2D eigenvalue weighted by Gasteiger charge is -2.18. The van der Waals surface area contributed by atoms with E-state index in [0.717, 1.165) is 36.8 Å². The molecule has 2 aromatic rings. The van der Waals surface area contributed by atoms with Crippen LogP contribution in [0.1, 0.15) is 31.7 Å². The quantitative estimate of drug-likeness (QED) is 0.784. The number of hydrogen-bond donors (Lipinski definition) is 1. The van der Waals surface area contributed by atoms with Crippen molar-refractivity contribution in [3.8, 4) is 0 Å². The molecule has 2 rings (SSSR count). The van der Waals surface area contributed by atoms with Gasteiger partial charge in [-0.1, -0.05) is 41.9 Å². The van der Waals surface area contributed by atoms with Gasteiger partial charge >= 0.3 is 0 Å². The Labute approximate surface area is 135 Å². The predicted molar refractivity (Wildman–Crippen MR) is 91.5 cm³/mol. The molecule has 0 saturated heterocycles. The largest absolute Gasteiger partial charge is 0.335 e. The van der Waals surface area contributed by atoms with Gasteiger partial charge in [-0.2, -0.15) is 0 Å². The fraction of sp³-hybridized carbons (Fsp3) is 0.471. The number of halogens is 1. The fourth-order valence-electron chi connectivity index (χ4n) is 2.65. The van der Waals surface area contributed by atoms with Crippen LogP contribution in [0, 0.1) is 0 Å². The number of likely N-dealkylation sites (N-methyl/N-ethyl adjacent to an activating group) is 1. The Morgan fingerprint density at radius 2 is 2.14 bits per heavy atom. The van der Waals surface area contributed by atoms with E-state index >= 15 is 0 Å². The average Bonchev–Trinajstić information content (AvgIpc) is 2.87. The molecule has 1 aromatic carbocycles. The van der Waals surface area contributed by atoms with Crippen LogP contribution >= 0.6 is 15.9 Å². The molecule has 0 fully saturated rings. The van der Waals surface area contributed by atoms with E-state index in [2.05, 4.69) is 75.1 Å². The molecule has 3 nitrogen and oxygen atoms in total. The number of benzene rings is 1. The minimum Gasteiger partial charge on any atom is -0.335 e. The van der Waals surface area contributed by atoms with Gasteiger partial charge in [0, 0.05) is 35.9 Å². The van der Waals surface area contributed by atoms with E-state index in [9.17, 15) is 0 Å². The zero-order valence-corrected chi connectivity index (χ0v) is 14.4. The second kappa shape index (κ2) is 8.35. The van der Waals surface area contributed by atoms with Crippen molar-refractivity contribution in [2.45, 2.75) is 45.7 Å². The van der Waals surface area contributed by atoms with Crippen molar-refractivity contribution < 1.29 is 0 Å². The molecule has 21 heavy (non-hydrogen) atoms. The molecule has 0 radical (unpaired) electrons. The Bertz CT molecular complexity index is 550. The van der Waals surface area contributed by atoms with Crippen LogP contribution in [0.5, 0.6) is 0 Å². The van der Waals surface area contributed by atoms with Crippen LogP contribution in [0.2, 0.25) is 0 Å². The van der Waals surface area contributed by atoms with Crippen LogP contribution < -0.4 is 5.32 Å². The lowest BCUT2D eigenvalue weighted by Crippen LogP contribution is -2.34. The Kier molecular flexibility index (Phi) is 6.46. The summed E-state index contributed by atoms with van der Waals surface area (Å²) in [6.45, 7) is 6.39. The van der Waals surface area contributed by atoms with E-state index in [1.807, 2.05) is 6.20 Å². The van der Waals surface area contributed by atoms with E-state index in [1.165, 1.54) is 11.4 Å². The van der Waals surface area contributed by atoms with Crippen LogP contribution in [0.3, 0.4) is 0 Å². The lowest BCUT2D eigenvalue weighted by atomic mass is 10.0. The Balaban J connectivity index is 2.06. The monoisotopic (exact) mass is 349 g/mol. The minimum atomic E-state index is 0.419. The van der Waals surface area contributed by atoms with Gasteiger partial charge in [0.15, 0.2) is 0 Å². The van der Waals surface area contributed by atoms with E-state index < -0.39 is 0 Å². The number of imidazole rings is 1. The molecule has 114 valence electrons. The van der Waals surface area contributed by atoms with Crippen molar-refractivity contribution in [2.75, 3.05) is 6.54 Å². The van der Waals surface area contributed by atoms with Crippen molar-refractivity contribution in [3.63, 3.8) is 0 Å². The van der Waals surface area contributed by atoms with Gasteiger partial charge in [-0.3, -0.25) is 0 Å². The Morgan fingerprint density at radius 1 is 1.29 bits per heavy atom. The molecule has 1 aromatic heterocycles. The number of hydrogen-bond acceptors (Lipinski definition) is 2. The van der Waals surface area contributed by atoms with Gasteiger partial charge < -0.3 is 9.88 Å². The summed E-state index contributed by atoms with van der Waals surface area (Å²) >= 11 is 3.55. The second-order valence-electron chi connectivity index (χ2n) is 5.33. The van der Waals surface area contributed by atoms with Crippen LogP contribution in [0.15, 0.2) is 41.1 Å². The zero-order valence-electron chi connectivity index (χ0n) is 12.8. The van der Waals surface area contributed by atoms with Gasteiger partial charge in [-0.15, -0.1) is 0 Å². The van der Waals surface area contributed by atoms with Crippen LogP contribution in [0.4, 0.5) is 0 Å². The zero-order chi connectivity index (χ0) is 15.1. The van der Waals surface area contributed by atoms with Gasteiger partial charge in [-0.25, -0.2) is 4.98 Å². The predicted octanol–water partition coefficient (Wildman–Crippen LogP) is 3.82. The lowest BCUT2D eigenvalue weighted by molar-refractivity contribution is 0.495. The summed E-state index contributed by atoms with van der Waals surface area (Å²) < 4.78 is 3.41. The maximum absolute atomic E-state index is 4.53. The first-order chi connectivity index (χ1) is 10.2. The summed E-state index contributed by atoms with van der Waals surface area (Å²) in [6.07, 6.45) is 7.12. The number of aryl methyl sites for hydroxylation is 1. The van der Waals surface area contributed by atoms with Crippen LogP contribution in [-0.4, -0.2) is 22.1 Å². The molecular formula is C17H24BrN3. The van der Waals surface area contributed by atoms with Crippen LogP contribution in [0.25, 0.3) is 0 Å². The smallest absolute Gasteiger partial charge is 0.110 e. The molecule has 0 aliphatic carbocycles. The topological polar surface area (TPSA) is 29.9 Å². The van der Waals surface area contributed by atoms with Gasteiger partial charge in [0.25, 0.3) is 0 Å². The first-order valence-electron chi connectivity index (χ1n) is 7.70. The third kappa shape index (κ3) is 4.97. The van der Waals surface area contributed by atoms with E-state index in [1.54, 1.807) is 0 Å². The van der Waals surface area contributed by atoms with Gasteiger partial charge in [0.05, 0.1) is 0 Å². The molecule has 0 amide bonds. The average molecular weight is 350 g/mol. The SMILES string of the molecule is CCCn1ccnc1CC(Cc1cccc(Br)c1)NCC. The first-order valence-corrected chi connectivity index (χ1v) is 8.50. The summed E-state index contributed by atoms with van der Waals surface area (Å²) in [4.78, 5) is 4.53.